The van der Waals surface area contributed by atoms with Gasteiger partial charge in [0, 0.05) is 6.20 Å². The lowest BCUT2D eigenvalue weighted by Crippen LogP contribution is -2.22. The largest absolute Gasteiger partial charge is 0.444 e. The zero-order valence-electron chi connectivity index (χ0n) is 8.31. The molecule has 2 aromatic heterocycles. The van der Waals surface area contributed by atoms with Crippen LogP contribution >= 0.6 is 15.9 Å². The van der Waals surface area contributed by atoms with Crippen molar-refractivity contribution in [3.63, 3.8) is 0 Å². The van der Waals surface area contributed by atoms with Gasteiger partial charge in [-0.25, -0.2) is 0 Å². The van der Waals surface area contributed by atoms with E-state index in [2.05, 4.69) is 26.2 Å². The first-order chi connectivity index (χ1) is 7.75. The van der Waals surface area contributed by atoms with Gasteiger partial charge in [0.05, 0.1) is 12.2 Å². The second-order valence-electron chi connectivity index (χ2n) is 3.11. The lowest BCUT2D eigenvalue weighted by atomic mass is 10.3. The minimum atomic E-state index is -0.253. The first-order valence-corrected chi connectivity index (χ1v) is 5.48. The van der Waals surface area contributed by atoms with Gasteiger partial charge in [-0.2, -0.15) is 0 Å². The number of amides is 1. The molecule has 2 heterocycles. The first kappa shape index (κ1) is 10.9. The molecule has 2 rings (SSSR count). The van der Waals surface area contributed by atoms with E-state index in [0.717, 1.165) is 5.69 Å². The Morgan fingerprint density at radius 2 is 2.25 bits per heavy atom. The Bertz CT molecular complexity index is 482. The van der Waals surface area contributed by atoms with Crippen LogP contribution in [0.1, 0.15) is 16.2 Å². The highest BCUT2D eigenvalue weighted by Crippen LogP contribution is 2.13. The van der Waals surface area contributed by atoms with Gasteiger partial charge in [-0.3, -0.25) is 9.78 Å². The lowest BCUT2D eigenvalue weighted by Gasteiger charge is -2.01. The number of hydrogen-bond acceptors (Lipinski definition) is 3. The normalized spacial score (nSPS) is 10.1. The highest BCUT2D eigenvalue weighted by molar-refractivity contribution is 9.10. The van der Waals surface area contributed by atoms with Gasteiger partial charge in [0.1, 0.15) is 0 Å². The maximum atomic E-state index is 11.6. The first-order valence-electron chi connectivity index (χ1n) is 4.69. The Morgan fingerprint density at radius 1 is 1.38 bits per heavy atom. The van der Waals surface area contributed by atoms with Crippen molar-refractivity contribution in [1.82, 2.24) is 10.3 Å². The fourth-order valence-electron chi connectivity index (χ4n) is 1.20. The molecule has 4 nitrogen and oxygen atoms in total. The summed E-state index contributed by atoms with van der Waals surface area (Å²) in [5, 5.41) is 2.71. The molecule has 82 valence electrons. The SMILES string of the molecule is O=C(NCc1ccccn1)c1ccc(Br)o1. The molecule has 0 unspecified atom stereocenters. The summed E-state index contributed by atoms with van der Waals surface area (Å²) < 4.78 is 5.66. The van der Waals surface area contributed by atoms with E-state index in [1.165, 1.54) is 0 Å². The quantitative estimate of drug-likeness (QED) is 0.939. The standard InChI is InChI=1S/C11H9BrN2O2/c12-10-5-4-9(16-10)11(15)14-7-8-3-1-2-6-13-8/h1-6H,7H2,(H,14,15). The number of pyridine rings is 1. The Morgan fingerprint density at radius 3 is 2.88 bits per heavy atom. The van der Waals surface area contributed by atoms with E-state index < -0.39 is 0 Å². The molecule has 0 aromatic carbocycles. The summed E-state index contributed by atoms with van der Waals surface area (Å²) in [4.78, 5) is 15.7. The molecule has 0 fully saturated rings. The Kier molecular flexibility index (Phi) is 3.36. The van der Waals surface area contributed by atoms with E-state index in [4.69, 9.17) is 4.42 Å². The van der Waals surface area contributed by atoms with E-state index >= 15 is 0 Å². The summed E-state index contributed by atoms with van der Waals surface area (Å²) in [5.41, 5.74) is 0.807. The molecule has 2 aromatic rings. The third-order valence-electron chi connectivity index (χ3n) is 1.95. The smallest absolute Gasteiger partial charge is 0.287 e. The molecular formula is C11H9BrN2O2. The second kappa shape index (κ2) is 4.94. The third kappa shape index (κ3) is 2.70. The van der Waals surface area contributed by atoms with Crippen molar-refractivity contribution in [2.45, 2.75) is 6.54 Å². The molecule has 0 saturated heterocycles. The molecule has 0 aliphatic carbocycles. The molecular weight excluding hydrogens is 272 g/mol. The summed E-state index contributed by atoms with van der Waals surface area (Å²) in [6.45, 7) is 0.387. The topological polar surface area (TPSA) is 55.1 Å². The van der Waals surface area contributed by atoms with Crippen LogP contribution < -0.4 is 5.32 Å². The molecule has 16 heavy (non-hydrogen) atoms. The number of rotatable bonds is 3. The molecule has 0 saturated carbocycles. The van der Waals surface area contributed by atoms with Crippen LogP contribution in [-0.2, 0) is 6.54 Å². The van der Waals surface area contributed by atoms with Crippen LogP contribution in [0.25, 0.3) is 0 Å². The predicted octanol–water partition coefficient (Wildman–Crippen LogP) is 2.37. The van der Waals surface area contributed by atoms with Crippen LogP contribution in [0.2, 0.25) is 0 Å². The number of carbonyl (C=O) groups excluding carboxylic acids is 1. The average Bonchev–Trinajstić information content (AvgIpc) is 2.74. The zero-order chi connectivity index (χ0) is 11.4. The van der Waals surface area contributed by atoms with E-state index in [1.54, 1.807) is 18.3 Å². The predicted molar refractivity (Wildman–Crippen MR) is 61.8 cm³/mol. The van der Waals surface area contributed by atoms with Crippen molar-refractivity contribution in [3.8, 4) is 0 Å². The van der Waals surface area contributed by atoms with Crippen LogP contribution in [-0.4, -0.2) is 10.9 Å². The molecule has 0 bridgehead atoms. The average molecular weight is 281 g/mol. The van der Waals surface area contributed by atoms with Crippen molar-refractivity contribution < 1.29 is 9.21 Å². The summed E-state index contributed by atoms with van der Waals surface area (Å²) in [7, 11) is 0. The number of halogens is 1. The number of nitrogens with one attached hydrogen (secondary N) is 1. The van der Waals surface area contributed by atoms with Crippen LogP contribution in [0.15, 0.2) is 45.6 Å². The van der Waals surface area contributed by atoms with Crippen LogP contribution in [0, 0.1) is 0 Å². The maximum Gasteiger partial charge on any atom is 0.287 e. The number of carbonyl (C=O) groups is 1. The minimum Gasteiger partial charge on any atom is -0.444 e. The fraction of sp³-hybridized carbons (Fsp3) is 0.0909. The van der Waals surface area contributed by atoms with Crippen molar-refractivity contribution in [2.75, 3.05) is 0 Å². The summed E-state index contributed by atoms with van der Waals surface area (Å²) in [6, 6.07) is 8.83. The number of hydrogen-bond donors (Lipinski definition) is 1. The molecule has 0 aliphatic rings. The highest BCUT2D eigenvalue weighted by Gasteiger charge is 2.09. The van der Waals surface area contributed by atoms with Crippen LogP contribution in [0.5, 0.6) is 0 Å². The Hall–Kier alpha value is -1.62. The van der Waals surface area contributed by atoms with E-state index in [0.29, 0.717) is 11.2 Å². The fourth-order valence-corrected chi connectivity index (χ4v) is 1.50. The monoisotopic (exact) mass is 280 g/mol. The van der Waals surface area contributed by atoms with Crippen molar-refractivity contribution in [1.29, 1.82) is 0 Å². The van der Waals surface area contributed by atoms with Gasteiger partial charge in [-0.15, -0.1) is 0 Å². The zero-order valence-corrected chi connectivity index (χ0v) is 9.90. The molecule has 1 amide bonds. The van der Waals surface area contributed by atoms with Gasteiger partial charge in [0.25, 0.3) is 5.91 Å². The third-order valence-corrected chi connectivity index (χ3v) is 2.38. The van der Waals surface area contributed by atoms with Crippen LogP contribution in [0.4, 0.5) is 0 Å². The second-order valence-corrected chi connectivity index (χ2v) is 3.89. The van der Waals surface area contributed by atoms with Gasteiger partial charge < -0.3 is 9.73 Å². The molecule has 5 heteroatoms. The Labute approximate surface area is 101 Å². The lowest BCUT2D eigenvalue weighted by molar-refractivity contribution is 0.0921. The highest BCUT2D eigenvalue weighted by atomic mass is 79.9. The van der Waals surface area contributed by atoms with E-state index in [9.17, 15) is 4.79 Å². The summed E-state index contributed by atoms with van der Waals surface area (Å²) in [5.74, 6) is 0.0270. The van der Waals surface area contributed by atoms with Crippen molar-refractivity contribution in [3.05, 3.63) is 52.7 Å². The molecule has 0 spiro atoms. The van der Waals surface area contributed by atoms with Gasteiger partial charge in [0.15, 0.2) is 10.4 Å². The molecule has 0 atom stereocenters. The summed E-state index contributed by atoms with van der Waals surface area (Å²) >= 11 is 3.14. The maximum absolute atomic E-state index is 11.6. The van der Waals surface area contributed by atoms with Crippen molar-refractivity contribution >= 4 is 21.8 Å². The summed E-state index contributed by atoms with van der Waals surface area (Å²) in [6.07, 6.45) is 1.69. The number of furan rings is 1. The van der Waals surface area contributed by atoms with Gasteiger partial charge in [0.2, 0.25) is 0 Å². The molecule has 0 radical (unpaired) electrons. The number of nitrogens with zero attached hydrogens (tertiary/aromatic N) is 1. The van der Waals surface area contributed by atoms with Gasteiger partial charge >= 0.3 is 0 Å². The van der Waals surface area contributed by atoms with Gasteiger partial charge in [-0.05, 0) is 40.2 Å². The minimum absolute atomic E-state index is 0.253. The number of aromatic nitrogens is 1. The van der Waals surface area contributed by atoms with E-state index in [1.807, 2.05) is 18.2 Å². The van der Waals surface area contributed by atoms with Crippen LogP contribution in [0.3, 0.4) is 0 Å². The van der Waals surface area contributed by atoms with Gasteiger partial charge in [-0.1, -0.05) is 6.07 Å². The van der Waals surface area contributed by atoms with E-state index in [-0.39, 0.29) is 11.7 Å². The van der Waals surface area contributed by atoms with Crippen molar-refractivity contribution in [2.24, 2.45) is 0 Å². The Balaban J connectivity index is 1.94. The molecule has 0 aliphatic heterocycles. The molecule has 1 N–H and O–H groups in total.